The Morgan fingerprint density at radius 3 is 2.23 bits per heavy atom. The van der Waals surface area contributed by atoms with Crippen LogP contribution in [-0.4, -0.2) is 5.78 Å². The van der Waals surface area contributed by atoms with Gasteiger partial charge in [0.2, 0.25) is 0 Å². The summed E-state index contributed by atoms with van der Waals surface area (Å²) in [6.07, 6.45) is 0. The maximum atomic E-state index is 13.2. The summed E-state index contributed by atoms with van der Waals surface area (Å²) in [4.78, 5) is 14.6. The van der Waals surface area contributed by atoms with Gasteiger partial charge in [-0.1, -0.05) is 43.0 Å². The van der Waals surface area contributed by atoms with Crippen molar-refractivity contribution >= 4 is 53.7 Å². The van der Waals surface area contributed by atoms with Gasteiger partial charge in [-0.25, -0.2) is 0 Å². The van der Waals surface area contributed by atoms with Gasteiger partial charge in [0.15, 0.2) is 5.78 Å². The molecule has 0 unspecified atom stereocenters. The summed E-state index contributed by atoms with van der Waals surface area (Å²) >= 11 is 8.97. The molecule has 3 nitrogen and oxygen atoms in total. The molecule has 0 bridgehead atoms. The van der Waals surface area contributed by atoms with Crippen LogP contribution in [0.3, 0.4) is 0 Å². The molecule has 3 aromatic rings. The van der Waals surface area contributed by atoms with Crippen LogP contribution in [0.25, 0.3) is 5.57 Å². The van der Waals surface area contributed by atoms with Crippen molar-refractivity contribution in [1.29, 1.82) is 0 Å². The van der Waals surface area contributed by atoms with Crippen molar-refractivity contribution in [2.24, 2.45) is 0 Å². The third kappa shape index (κ3) is 2.52. The van der Waals surface area contributed by atoms with Gasteiger partial charge in [-0.15, -0.1) is 25.3 Å². The Morgan fingerprint density at radius 2 is 1.50 bits per heavy atom. The Hall–Kier alpha value is -2.63. The van der Waals surface area contributed by atoms with E-state index in [-0.39, 0.29) is 5.78 Å². The molecule has 0 radical (unpaired) electrons. The predicted molar refractivity (Wildman–Crippen MR) is 113 cm³/mol. The number of hydrogen-bond acceptors (Lipinski definition) is 5. The third-order valence-corrected chi connectivity index (χ3v) is 5.30. The maximum absolute atomic E-state index is 13.2. The van der Waals surface area contributed by atoms with Crippen LogP contribution in [0.5, 0.6) is 0 Å². The molecule has 4 rings (SSSR count). The summed E-state index contributed by atoms with van der Waals surface area (Å²) in [5, 5.41) is 3.31. The predicted octanol–water partition coefficient (Wildman–Crippen LogP) is 5.20. The zero-order valence-electron chi connectivity index (χ0n) is 13.8. The van der Waals surface area contributed by atoms with Gasteiger partial charge in [-0.2, -0.15) is 0 Å². The largest absolute Gasteiger partial charge is 0.397 e. The normalized spacial score (nSPS) is 12.5. The van der Waals surface area contributed by atoms with E-state index >= 15 is 0 Å². The van der Waals surface area contributed by atoms with Gasteiger partial charge < -0.3 is 11.1 Å². The van der Waals surface area contributed by atoms with E-state index in [1.165, 1.54) is 0 Å². The van der Waals surface area contributed by atoms with E-state index in [1.807, 2.05) is 48.5 Å². The molecule has 3 N–H and O–H groups in total. The number of thiol groups is 2. The molecule has 128 valence electrons. The van der Waals surface area contributed by atoms with E-state index in [4.69, 9.17) is 5.73 Å². The Bertz CT molecular complexity index is 1090. The number of rotatable bonds is 2. The van der Waals surface area contributed by atoms with Crippen molar-refractivity contribution in [3.63, 3.8) is 0 Å². The van der Waals surface area contributed by atoms with Crippen LogP contribution in [-0.2, 0) is 0 Å². The molecule has 0 saturated carbocycles. The van der Waals surface area contributed by atoms with Crippen LogP contribution >= 0.6 is 25.3 Å². The van der Waals surface area contributed by atoms with Crippen molar-refractivity contribution in [2.45, 2.75) is 9.79 Å². The monoisotopic (exact) mass is 376 g/mol. The number of carbonyl (C=O) groups is 1. The number of nitrogen functional groups attached to an aromatic ring is 1. The average Bonchev–Trinajstić information content (AvgIpc) is 2.64. The number of carbonyl (C=O) groups excluding carboxylic acids is 1. The molecule has 26 heavy (non-hydrogen) atoms. The standard InChI is InChI=1S/C21H16N2OS2/c1-11-12-6-2-3-7-13(12)21(24)19-15(10-17(26)20(22)18(11)19)23-14-8-4-5-9-16(14)25/h2-10,23,25-26H,1,22H2. The van der Waals surface area contributed by atoms with Crippen molar-refractivity contribution in [2.75, 3.05) is 11.1 Å². The van der Waals surface area contributed by atoms with Gasteiger partial charge >= 0.3 is 0 Å². The fraction of sp³-hybridized carbons (Fsp3) is 0. The first-order valence-electron chi connectivity index (χ1n) is 8.03. The number of nitrogens with one attached hydrogen (secondary N) is 1. The van der Waals surface area contributed by atoms with Crippen LogP contribution in [0.2, 0.25) is 0 Å². The molecule has 0 aromatic heterocycles. The lowest BCUT2D eigenvalue weighted by Crippen LogP contribution is -2.18. The topological polar surface area (TPSA) is 55.1 Å². The minimum Gasteiger partial charge on any atom is -0.397 e. The number of anilines is 3. The fourth-order valence-electron chi connectivity index (χ4n) is 3.27. The summed E-state index contributed by atoms with van der Waals surface area (Å²) in [5.74, 6) is -0.0813. The Morgan fingerprint density at radius 1 is 0.846 bits per heavy atom. The molecule has 0 amide bonds. The van der Waals surface area contributed by atoms with Crippen molar-refractivity contribution < 1.29 is 4.79 Å². The Kier molecular flexibility index (Phi) is 4.05. The molecule has 0 atom stereocenters. The first kappa shape index (κ1) is 16.8. The molecule has 5 heteroatoms. The highest BCUT2D eigenvalue weighted by atomic mass is 32.1. The average molecular weight is 377 g/mol. The van der Waals surface area contributed by atoms with E-state index in [1.54, 1.807) is 6.07 Å². The molecular weight excluding hydrogens is 360 g/mol. The number of para-hydroxylation sites is 1. The van der Waals surface area contributed by atoms with Gasteiger partial charge in [-0.05, 0) is 29.3 Å². The van der Waals surface area contributed by atoms with Crippen molar-refractivity contribution in [3.05, 3.63) is 83.4 Å². The Labute approximate surface area is 162 Å². The van der Waals surface area contributed by atoms with Crippen LogP contribution in [0.4, 0.5) is 17.1 Å². The summed E-state index contributed by atoms with van der Waals surface area (Å²) in [5.41, 5.74) is 11.5. The fourth-order valence-corrected chi connectivity index (χ4v) is 3.73. The van der Waals surface area contributed by atoms with Crippen LogP contribution in [0.15, 0.2) is 71.0 Å². The second-order valence-electron chi connectivity index (χ2n) is 6.10. The van der Waals surface area contributed by atoms with E-state index in [0.29, 0.717) is 33.0 Å². The van der Waals surface area contributed by atoms with Gasteiger partial charge in [0, 0.05) is 20.9 Å². The number of benzene rings is 3. The first-order valence-corrected chi connectivity index (χ1v) is 8.92. The number of fused-ring (bicyclic) bond motifs is 2. The van der Waals surface area contributed by atoms with E-state index < -0.39 is 0 Å². The Balaban J connectivity index is 1.96. The van der Waals surface area contributed by atoms with E-state index in [2.05, 4.69) is 37.2 Å². The summed E-state index contributed by atoms with van der Waals surface area (Å²) in [6.45, 7) is 4.19. The SMILES string of the molecule is C=C1c2ccccc2C(=O)c2c(Nc3ccccc3S)cc(S)c(N)c21. The van der Waals surface area contributed by atoms with Crippen molar-refractivity contribution in [3.8, 4) is 0 Å². The van der Waals surface area contributed by atoms with Gasteiger partial charge in [-0.3, -0.25) is 4.79 Å². The minimum atomic E-state index is -0.0813. The second-order valence-corrected chi connectivity index (χ2v) is 7.07. The van der Waals surface area contributed by atoms with Gasteiger partial charge in [0.1, 0.15) is 0 Å². The molecule has 0 fully saturated rings. The number of nitrogens with two attached hydrogens (primary N) is 1. The third-order valence-electron chi connectivity index (χ3n) is 4.54. The second kappa shape index (κ2) is 6.27. The van der Waals surface area contributed by atoms with Crippen LogP contribution < -0.4 is 11.1 Å². The number of ketones is 1. The highest BCUT2D eigenvalue weighted by molar-refractivity contribution is 7.80. The summed E-state index contributed by atoms with van der Waals surface area (Å²) < 4.78 is 0. The zero-order valence-corrected chi connectivity index (χ0v) is 15.6. The summed E-state index contributed by atoms with van der Waals surface area (Å²) in [7, 11) is 0. The van der Waals surface area contributed by atoms with Crippen LogP contribution in [0.1, 0.15) is 27.0 Å². The molecule has 0 spiro atoms. The zero-order chi connectivity index (χ0) is 18.4. The molecule has 0 aliphatic heterocycles. The maximum Gasteiger partial charge on any atom is 0.196 e. The van der Waals surface area contributed by atoms with Gasteiger partial charge in [0.25, 0.3) is 0 Å². The first-order chi connectivity index (χ1) is 12.5. The number of hydrogen-bond donors (Lipinski definition) is 4. The molecular formula is C21H16N2OS2. The molecule has 3 aromatic carbocycles. The van der Waals surface area contributed by atoms with Crippen LogP contribution in [0, 0.1) is 0 Å². The quantitative estimate of drug-likeness (QED) is 0.287. The lowest BCUT2D eigenvalue weighted by Gasteiger charge is -2.26. The lowest BCUT2D eigenvalue weighted by molar-refractivity contribution is 0.103. The lowest BCUT2D eigenvalue weighted by atomic mass is 9.80. The molecule has 1 aliphatic rings. The highest BCUT2D eigenvalue weighted by Gasteiger charge is 2.31. The van der Waals surface area contributed by atoms with Gasteiger partial charge in [0.05, 0.1) is 22.6 Å². The molecule has 1 aliphatic carbocycles. The van der Waals surface area contributed by atoms with E-state index in [0.717, 1.165) is 21.7 Å². The van der Waals surface area contributed by atoms with E-state index in [9.17, 15) is 4.79 Å². The highest BCUT2D eigenvalue weighted by Crippen LogP contribution is 2.44. The molecule has 0 saturated heterocycles. The molecule has 0 heterocycles. The minimum absolute atomic E-state index is 0.0813. The smallest absolute Gasteiger partial charge is 0.196 e. The van der Waals surface area contributed by atoms with Crippen molar-refractivity contribution in [1.82, 2.24) is 0 Å². The summed E-state index contributed by atoms with van der Waals surface area (Å²) in [6, 6.07) is 16.8.